The maximum Gasteiger partial charge on any atom is 0.244 e. The number of aliphatic imine (C=N–C) groups is 1. The van der Waals surface area contributed by atoms with Gasteiger partial charge in [-0.3, -0.25) is 9.69 Å². The molecule has 0 spiro atoms. The summed E-state index contributed by atoms with van der Waals surface area (Å²) in [5, 5.41) is 6.87. The first-order chi connectivity index (χ1) is 13.2. The minimum absolute atomic E-state index is 0.144. The maximum atomic E-state index is 12.3. The molecule has 3 fully saturated rings. The fourth-order valence-corrected chi connectivity index (χ4v) is 4.66. The van der Waals surface area contributed by atoms with E-state index in [2.05, 4.69) is 27.4 Å². The first-order valence-electron chi connectivity index (χ1n) is 10.9. The Kier molecular flexibility index (Phi) is 7.76. The summed E-state index contributed by atoms with van der Waals surface area (Å²) >= 11 is 0. The van der Waals surface area contributed by atoms with Crippen LogP contribution in [0.1, 0.15) is 51.9 Å². The number of guanidine groups is 1. The first kappa shape index (κ1) is 20.4. The summed E-state index contributed by atoms with van der Waals surface area (Å²) in [7, 11) is 0. The normalized spacial score (nSPS) is 24.0. The number of nitrogens with one attached hydrogen (secondary N) is 2. The van der Waals surface area contributed by atoms with Crippen LogP contribution in [0.2, 0.25) is 0 Å². The second-order valence-corrected chi connectivity index (χ2v) is 8.02. The first-order valence-corrected chi connectivity index (χ1v) is 10.9. The molecule has 0 bridgehead atoms. The van der Waals surface area contributed by atoms with Gasteiger partial charge in [-0.1, -0.05) is 19.3 Å². The van der Waals surface area contributed by atoms with Gasteiger partial charge in [0.2, 0.25) is 5.91 Å². The number of morpholine rings is 1. The van der Waals surface area contributed by atoms with Gasteiger partial charge >= 0.3 is 0 Å². The third kappa shape index (κ3) is 5.57. The summed E-state index contributed by atoms with van der Waals surface area (Å²) in [6.45, 7) is 9.46. The van der Waals surface area contributed by atoms with Gasteiger partial charge in [0, 0.05) is 44.8 Å². The monoisotopic (exact) mass is 379 g/mol. The van der Waals surface area contributed by atoms with Crippen molar-refractivity contribution in [2.75, 3.05) is 59.0 Å². The Balaban J connectivity index is 1.59. The van der Waals surface area contributed by atoms with Crippen molar-refractivity contribution in [3.05, 3.63) is 0 Å². The van der Waals surface area contributed by atoms with Gasteiger partial charge in [0.25, 0.3) is 0 Å². The van der Waals surface area contributed by atoms with Crippen LogP contribution in [0.25, 0.3) is 0 Å². The lowest BCUT2D eigenvalue weighted by molar-refractivity contribution is -0.128. The van der Waals surface area contributed by atoms with Gasteiger partial charge in [-0.05, 0) is 32.6 Å². The molecule has 0 aromatic rings. The quantitative estimate of drug-likeness (QED) is 0.536. The molecule has 1 saturated carbocycles. The number of rotatable bonds is 6. The number of ether oxygens (including phenoxy) is 1. The standard InChI is InChI=1S/C20H37N5O2/c1-2-21-19(22-16-18(26)24-10-6-7-11-24)23-17-20(8-4-3-5-9-20)25-12-14-27-15-13-25/h2-17H2,1H3,(H2,21,22,23). The fraction of sp³-hybridized carbons (Fsp3) is 0.900. The Morgan fingerprint density at radius 2 is 1.70 bits per heavy atom. The second kappa shape index (κ2) is 10.3. The summed E-state index contributed by atoms with van der Waals surface area (Å²) in [5.41, 5.74) is 0.192. The Morgan fingerprint density at radius 3 is 2.37 bits per heavy atom. The molecule has 1 aliphatic carbocycles. The predicted octanol–water partition coefficient (Wildman–Crippen LogP) is 1.20. The molecule has 2 aliphatic heterocycles. The van der Waals surface area contributed by atoms with Gasteiger partial charge in [-0.2, -0.15) is 0 Å². The van der Waals surface area contributed by atoms with Crippen LogP contribution in [0.3, 0.4) is 0 Å². The van der Waals surface area contributed by atoms with Crippen LogP contribution in [0.15, 0.2) is 4.99 Å². The number of carbonyl (C=O) groups excluding carboxylic acids is 1. The minimum Gasteiger partial charge on any atom is -0.379 e. The molecule has 7 nitrogen and oxygen atoms in total. The van der Waals surface area contributed by atoms with Crippen LogP contribution in [0, 0.1) is 0 Å². The molecule has 3 rings (SSSR count). The minimum atomic E-state index is 0.144. The number of likely N-dealkylation sites (tertiary alicyclic amines) is 1. The molecule has 1 amide bonds. The third-order valence-corrected chi connectivity index (χ3v) is 6.23. The van der Waals surface area contributed by atoms with E-state index in [0.29, 0.717) is 0 Å². The van der Waals surface area contributed by atoms with Gasteiger partial charge in [0.15, 0.2) is 5.96 Å². The van der Waals surface area contributed by atoms with E-state index in [1.807, 2.05) is 4.90 Å². The number of amides is 1. The van der Waals surface area contributed by atoms with E-state index >= 15 is 0 Å². The third-order valence-electron chi connectivity index (χ3n) is 6.23. The van der Waals surface area contributed by atoms with Crippen molar-refractivity contribution in [2.24, 2.45) is 4.99 Å². The largest absolute Gasteiger partial charge is 0.379 e. The van der Waals surface area contributed by atoms with Crippen molar-refractivity contribution in [2.45, 2.75) is 57.4 Å². The lowest BCUT2D eigenvalue weighted by Crippen LogP contribution is -2.60. The van der Waals surface area contributed by atoms with E-state index in [1.165, 1.54) is 32.1 Å². The highest BCUT2D eigenvalue weighted by molar-refractivity contribution is 5.85. The van der Waals surface area contributed by atoms with Gasteiger partial charge < -0.3 is 20.3 Å². The van der Waals surface area contributed by atoms with E-state index in [1.54, 1.807) is 0 Å². The van der Waals surface area contributed by atoms with Crippen molar-refractivity contribution >= 4 is 11.9 Å². The zero-order valence-corrected chi connectivity index (χ0v) is 17.0. The smallest absolute Gasteiger partial charge is 0.244 e. The lowest BCUT2D eigenvalue weighted by atomic mass is 9.80. The molecule has 7 heteroatoms. The molecule has 0 radical (unpaired) electrons. The number of hydrogen-bond donors (Lipinski definition) is 2. The SMILES string of the molecule is CCNC(=NCC(=O)N1CCCC1)NCC1(N2CCOCC2)CCCCC1. The Labute approximate surface area is 163 Å². The molecule has 3 aliphatic rings. The van der Waals surface area contributed by atoms with Crippen LogP contribution in [0.4, 0.5) is 0 Å². The van der Waals surface area contributed by atoms with Crippen LogP contribution < -0.4 is 10.6 Å². The summed E-state index contributed by atoms with van der Waals surface area (Å²) in [4.78, 5) is 21.5. The van der Waals surface area contributed by atoms with E-state index < -0.39 is 0 Å². The average Bonchev–Trinajstić information content (AvgIpc) is 3.26. The zero-order valence-electron chi connectivity index (χ0n) is 17.0. The molecule has 0 atom stereocenters. The molecule has 2 heterocycles. The molecule has 0 unspecified atom stereocenters. The summed E-state index contributed by atoms with van der Waals surface area (Å²) in [5.74, 6) is 0.911. The second-order valence-electron chi connectivity index (χ2n) is 8.02. The van der Waals surface area contributed by atoms with Crippen molar-refractivity contribution in [1.82, 2.24) is 20.4 Å². The Bertz CT molecular complexity index is 493. The van der Waals surface area contributed by atoms with Crippen molar-refractivity contribution < 1.29 is 9.53 Å². The highest BCUT2D eigenvalue weighted by Gasteiger charge is 2.38. The van der Waals surface area contributed by atoms with Crippen LogP contribution >= 0.6 is 0 Å². The topological polar surface area (TPSA) is 69.2 Å². The highest BCUT2D eigenvalue weighted by atomic mass is 16.5. The molecule has 2 saturated heterocycles. The van der Waals surface area contributed by atoms with E-state index in [0.717, 1.165) is 71.3 Å². The van der Waals surface area contributed by atoms with E-state index in [9.17, 15) is 4.79 Å². The number of carbonyl (C=O) groups is 1. The molecule has 154 valence electrons. The molecule has 0 aromatic heterocycles. The van der Waals surface area contributed by atoms with Crippen molar-refractivity contribution in [3.63, 3.8) is 0 Å². The summed E-state index contributed by atoms with van der Waals surface area (Å²) < 4.78 is 5.57. The van der Waals surface area contributed by atoms with Crippen LogP contribution in [-0.4, -0.2) is 86.2 Å². The molecular formula is C20H37N5O2. The van der Waals surface area contributed by atoms with Crippen molar-refractivity contribution in [3.8, 4) is 0 Å². The lowest BCUT2D eigenvalue weighted by Gasteiger charge is -2.48. The molecule has 2 N–H and O–H groups in total. The van der Waals surface area contributed by atoms with Gasteiger partial charge in [-0.25, -0.2) is 4.99 Å². The van der Waals surface area contributed by atoms with E-state index in [-0.39, 0.29) is 18.0 Å². The van der Waals surface area contributed by atoms with E-state index in [4.69, 9.17) is 4.74 Å². The Morgan fingerprint density at radius 1 is 1.00 bits per heavy atom. The zero-order chi connectivity index (χ0) is 19.0. The van der Waals surface area contributed by atoms with Crippen LogP contribution in [0.5, 0.6) is 0 Å². The van der Waals surface area contributed by atoms with Crippen LogP contribution in [-0.2, 0) is 9.53 Å². The van der Waals surface area contributed by atoms with Gasteiger partial charge in [0.1, 0.15) is 6.54 Å². The fourth-order valence-electron chi connectivity index (χ4n) is 4.66. The number of nitrogens with zero attached hydrogens (tertiary/aromatic N) is 3. The summed E-state index contributed by atoms with van der Waals surface area (Å²) in [6, 6.07) is 0. The molecule has 0 aromatic carbocycles. The maximum absolute atomic E-state index is 12.3. The van der Waals surface area contributed by atoms with Gasteiger partial charge in [0.05, 0.1) is 13.2 Å². The highest BCUT2D eigenvalue weighted by Crippen LogP contribution is 2.33. The predicted molar refractivity (Wildman–Crippen MR) is 108 cm³/mol. The number of hydrogen-bond acceptors (Lipinski definition) is 4. The van der Waals surface area contributed by atoms with Gasteiger partial charge in [-0.15, -0.1) is 0 Å². The summed E-state index contributed by atoms with van der Waals surface area (Å²) in [6.07, 6.45) is 8.62. The molecule has 27 heavy (non-hydrogen) atoms. The average molecular weight is 380 g/mol. The Hall–Kier alpha value is -1.34. The van der Waals surface area contributed by atoms with Crippen molar-refractivity contribution in [1.29, 1.82) is 0 Å². The molecular weight excluding hydrogens is 342 g/mol.